The quantitative estimate of drug-likeness (QED) is 0.289. The number of amides is 1. The number of hydrogen-bond donors (Lipinski definition) is 0. The predicted octanol–water partition coefficient (Wildman–Crippen LogP) is 6.14. The molecule has 1 amide bonds. The lowest BCUT2D eigenvalue weighted by Gasteiger charge is -2.31. The molecule has 4 heterocycles. The van der Waals surface area contributed by atoms with Crippen molar-refractivity contribution in [2.75, 3.05) is 4.90 Å². The smallest absolute Gasteiger partial charge is 0.303 e. The third kappa shape index (κ3) is 5.07. The molecular weight excluding hydrogens is 526 g/mol. The Labute approximate surface area is 217 Å². The van der Waals surface area contributed by atoms with Crippen LogP contribution in [0.2, 0.25) is 0 Å². The first kappa shape index (κ1) is 25.9. The Bertz CT molecular complexity index is 1530. The van der Waals surface area contributed by atoms with Crippen molar-refractivity contribution in [1.29, 1.82) is 0 Å². The van der Waals surface area contributed by atoms with Crippen LogP contribution in [0.4, 0.5) is 32.2 Å². The Balaban J connectivity index is 1.58. The van der Waals surface area contributed by atoms with Gasteiger partial charge < -0.3 is 4.90 Å². The van der Waals surface area contributed by atoms with Gasteiger partial charge in [-0.05, 0) is 43.3 Å². The maximum Gasteiger partial charge on any atom is 0.417 e. The maximum absolute atomic E-state index is 13.6. The van der Waals surface area contributed by atoms with E-state index in [9.17, 15) is 31.1 Å². The number of hydrogen-bond acceptors (Lipinski definition) is 5. The van der Waals surface area contributed by atoms with Crippen molar-refractivity contribution >= 4 is 11.7 Å². The van der Waals surface area contributed by atoms with Crippen molar-refractivity contribution in [3.63, 3.8) is 0 Å². The number of aryl methyl sites for hydroxylation is 1. The van der Waals surface area contributed by atoms with Crippen LogP contribution in [0.1, 0.15) is 39.0 Å². The lowest BCUT2D eigenvalue weighted by atomic mass is 10.1. The fourth-order valence-electron chi connectivity index (χ4n) is 4.10. The van der Waals surface area contributed by atoms with Gasteiger partial charge in [-0.2, -0.15) is 26.3 Å². The van der Waals surface area contributed by atoms with Crippen molar-refractivity contribution in [3.8, 4) is 5.82 Å². The molecule has 0 radical (unpaired) electrons. The highest BCUT2D eigenvalue weighted by Crippen LogP contribution is 2.37. The molecule has 0 saturated carbocycles. The first-order valence-corrected chi connectivity index (χ1v) is 11.4. The summed E-state index contributed by atoms with van der Waals surface area (Å²) in [6.45, 7) is 1.81. The zero-order chi connectivity index (χ0) is 27.9. The average Bonchev–Trinajstić information content (AvgIpc) is 3.54. The van der Waals surface area contributed by atoms with Crippen LogP contribution in [0.5, 0.6) is 0 Å². The second kappa shape index (κ2) is 9.57. The summed E-state index contributed by atoms with van der Waals surface area (Å²) in [7, 11) is 0. The lowest BCUT2D eigenvalue weighted by Crippen LogP contribution is -2.37. The fraction of sp³-hybridized carbons (Fsp3) is 0.154. The second-order valence-electron chi connectivity index (χ2n) is 8.62. The van der Waals surface area contributed by atoms with Crippen LogP contribution in [-0.4, -0.2) is 30.3 Å². The molecule has 200 valence electrons. The Morgan fingerprint density at radius 3 is 2.03 bits per heavy atom. The molecule has 39 heavy (non-hydrogen) atoms. The number of aromatic nitrogens is 4. The molecule has 13 heteroatoms. The monoisotopic (exact) mass is 544 g/mol. The number of carbonyl (C=O) groups excluding carboxylic acids is 1. The maximum atomic E-state index is 13.6. The highest BCUT2D eigenvalue weighted by Gasteiger charge is 2.38. The molecule has 4 aromatic rings. The van der Waals surface area contributed by atoms with Gasteiger partial charge in [-0.1, -0.05) is 17.7 Å². The molecule has 1 aliphatic heterocycles. The van der Waals surface area contributed by atoms with Crippen LogP contribution in [0.3, 0.4) is 0 Å². The van der Waals surface area contributed by atoms with Crippen LogP contribution in [0, 0.1) is 6.92 Å². The summed E-state index contributed by atoms with van der Waals surface area (Å²) >= 11 is 0. The Kier molecular flexibility index (Phi) is 6.36. The van der Waals surface area contributed by atoms with Crippen molar-refractivity contribution in [3.05, 3.63) is 114 Å². The Hall–Kier alpha value is -4.68. The summed E-state index contributed by atoms with van der Waals surface area (Å²) in [6.07, 6.45) is -3.14. The zero-order valence-corrected chi connectivity index (χ0v) is 20.0. The van der Waals surface area contributed by atoms with Gasteiger partial charge in [0.15, 0.2) is 12.0 Å². The van der Waals surface area contributed by atoms with Gasteiger partial charge in [0.05, 0.1) is 11.1 Å². The van der Waals surface area contributed by atoms with E-state index in [0.29, 0.717) is 18.0 Å². The lowest BCUT2D eigenvalue weighted by molar-refractivity contribution is -0.138. The summed E-state index contributed by atoms with van der Waals surface area (Å²) in [6, 6.07) is 10.9. The minimum atomic E-state index is -4.59. The summed E-state index contributed by atoms with van der Waals surface area (Å²) in [4.78, 5) is 28.5. The number of rotatable bonds is 4. The number of pyridine rings is 2. The van der Waals surface area contributed by atoms with Gasteiger partial charge in [0.2, 0.25) is 0 Å². The van der Waals surface area contributed by atoms with Crippen LogP contribution < -0.4 is 4.90 Å². The van der Waals surface area contributed by atoms with Crippen LogP contribution in [0.25, 0.3) is 5.82 Å². The van der Waals surface area contributed by atoms with E-state index in [0.717, 1.165) is 29.8 Å². The van der Waals surface area contributed by atoms with E-state index in [1.807, 2.05) is 13.0 Å². The molecule has 0 fully saturated rings. The second-order valence-corrected chi connectivity index (χ2v) is 8.62. The van der Waals surface area contributed by atoms with Gasteiger partial charge in [0.25, 0.3) is 5.91 Å². The third-order valence-electron chi connectivity index (χ3n) is 5.98. The van der Waals surface area contributed by atoms with Crippen LogP contribution >= 0.6 is 0 Å². The van der Waals surface area contributed by atoms with Crippen LogP contribution in [-0.2, 0) is 12.4 Å². The number of carbonyl (C=O) groups is 1. The van der Waals surface area contributed by atoms with Crippen molar-refractivity contribution in [2.24, 2.45) is 0 Å². The molecule has 0 unspecified atom stereocenters. The minimum absolute atomic E-state index is 0.0821. The van der Waals surface area contributed by atoms with Gasteiger partial charge in [-0.25, -0.2) is 15.0 Å². The number of halogens is 6. The summed E-state index contributed by atoms with van der Waals surface area (Å²) in [5, 5.41) is 0. The number of imidazole rings is 1. The van der Waals surface area contributed by atoms with Crippen molar-refractivity contribution < 1.29 is 31.1 Å². The first-order valence-electron chi connectivity index (χ1n) is 11.4. The number of anilines is 1. The standard InChI is InChI=1S/C26H18F6N6O/c1-16-3-2-4-17(13-16)24(39)38-12-11-37(21-8-6-19(15-35-21)26(30,31)32)23(38)22-33-9-10-36(22)20-7-5-18(14-34-20)25(27,28)29/h2-15,23H,1H3/t23-/m0/s1. The molecule has 1 atom stereocenters. The highest BCUT2D eigenvalue weighted by atomic mass is 19.4. The van der Waals surface area contributed by atoms with Crippen molar-refractivity contribution in [1.82, 2.24) is 24.4 Å². The topological polar surface area (TPSA) is 67.2 Å². The normalized spacial score (nSPS) is 15.7. The number of benzene rings is 1. The van der Waals surface area contributed by atoms with E-state index in [4.69, 9.17) is 0 Å². The van der Waals surface area contributed by atoms with Gasteiger partial charge in [-0.15, -0.1) is 0 Å². The minimum Gasteiger partial charge on any atom is -0.303 e. The van der Waals surface area contributed by atoms with E-state index in [2.05, 4.69) is 15.0 Å². The predicted molar refractivity (Wildman–Crippen MR) is 127 cm³/mol. The molecule has 0 N–H and O–H groups in total. The third-order valence-corrected chi connectivity index (χ3v) is 5.98. The molecule has 7 nitrogen and oxygen atoms in total. The molecule has 5 rings (SSSR count). The van der Waals surface area contributed by atoms with Gasteiger partial charge in [0.1, 0.15) is 11.6 Å². The average molecular weight is 544 g/mol. The number of nitrogens with zero attached hydrogens (tertiary/aromatic N) is 6. The van der Waals surface area contributed by atoms with Crippen molar-refractivity contribution in [2.45, 2.75) is 25.4 Å². The molecular formula is C26H18F6N6O. The SMILES string of the molecule is Cc1cccc(C(=O)N2C=CN(c3ccc(C(F)(F)F)cn3)[C@@H]2c2nccn2-c2ccc(C(F)(F)F)cn2)c1. The molecule has 0 aliphatic carbocycles. The van der Waals surface area contributed by atoms with Gasteiger partial charge in [-0.3, -0.25) is 14.3 Å². The molecule has 3 aromatic heterocycles. The first-order chi connectivity index (χ1) is 18.4. The Morgan fingerprint density at radius 2 is 1.46 bits per heavy atom. The number of alkyl halides is 6. The van der Waals surface area contributed by atoms with E-state index in [1.54, 1.807) is 18.2 Å². The summed E-state index contributed by atoms with van der Waals surface area (Å²) < 4.78 is 79.9. The summed E-state index contributed by atoms with van der Waals surface area (Å²) in [5.41, 5.74) is -0.716. The van der Waals surface area contributed by atoms with E-state index < -0.39 is 35.6 Å². The molecule has 1 aromatic carbocycles. The van der Waals surface area contributed by atoms with E-state index in [1.165, 1.54) is 39.2 Å². The zero-order valence-electron chi connectivity index (χ0n) is 20.0. The Morgan fingerprint density at radius 1 is 0.821 bits per heavy atom. The molecule has 0 spiro atoms. The van der Waals surface area contributed by atoms with E-state index >= 15 is 0 Å². The highest BCUT2D eigenvalue weighted by molar-refractivity contribution is 5.96. The molecule has 1 aliphatic rings. The van der Waals surface area contributed by atoms with Gasteiger partial charge >= 0.3 is 12.4 Å². The van der Waals surface area contributed by atoms with E-state index in [-0.39, 0.29) is 17.5 Å². The molecule has 0 bridgehead atoms. The van der Waals surface area contributed by atoms with Crippen LogP contribution in [0.15, 0.2) is 85.7 Å². The van der Waals surface area contributed by atoms with Gasteiger partial charge in [0, 0.05) is 42.8 Å². The fourth-order valence-corrected chi connectivity index (χ4v) is 4.10. The largest absolute Gasteiger partial charge is 0.417 e. The summed E-state index contributed by atoms with van der Waals surface area (Å²) in [5.74, 6) is -0.108. The molecule has 0 saturated heterocycles.